The minimum absolute atomic E-state index is 0.0643. The van der Waals surface area contributed by atoms with Crippen LogP contribution in [0.4, 0.5) is 0 Å². The molecule has 2 aliphatic rings. The molecule has 6 nitrogen and oxygen atoms in total. The lowest BCUT2D eigenvalue weighted by atomic mass is 9.88. The average molecular weight is 387 g/mol. The van der Waals surface area contributed by atoms with Gasteiger partial charge in [0.15, 0.2) is 0 Å². The summed E-state index contributed by atoms with van der Waals surface area (Å²) in [6.07, 6.45) is 1.36. The Hall–Kier alpha value is -1.50. The van der Waals surface area contributed by atoms with Gasteiger partial charge in [-0.2, -0.15) is 0 Å². The third kappa shape index (κ3) is 3.57. The zero-order valence-electron chi connectivity index (χ0n) is 13.5. The molecule has 25 heavy (non-hydrogen) atoms. The van der Waals surface area contributed by atoms with Crippen LogP contribution >= 0.6 is 23.2 Å². The molecule has 3 rings (SSSR count). The number of benzene rings is 1. The number of aliphatic hydroxyl groups excluding tert-OH is 1. The van der Waals surface area contributed by atoms with Crippen molar-refractivity contribution in [2.75, 3.05) is 19.7 Å². The molecule has 2 fully saturated rings. The van der Waals surface area contributed by atoms with Crippen LogP contribution < -0.4 is 5.32 Å². The standard InChI is InChI=1S/C17H20Cl2N2O4/c18-12-1-2-13(23)15(16(12)19)10-6-11-5-9(17(25)20-3-4-22)7-14(24)21(11)8-10/h1-2,9-11,22-23H,3-8H2,(H,20,25)/t9-,10-,11+/m0/s1. The van der Waals surface area contributed by atoms with Gasteiger partial charge in [-0.25, -0.2) is 0 Å². The van der Waals surface area contributed by atoms with Crippen LogP contribution in [0.15, 0.2) is 12.1 Å². The third-order valence-corrected chi connectivity index (χ3v) is 5.83. The van der Waals surface area contributed by atoms with E-state index in [1.807, 2.05) is 0 Å². The van der Waals surface area contributed by atoms with Crippen LogP contribution in [0.2, 0.25) is 10.0 Å². The maximum absolute atomic E-state index is 12.5. The number of piperidine rings is 1. The molecule has 0 spiro atoms. The van der Waals surface area contributed by atoms with Gasteiger partial charge < -0.3 is 20.4 Å². The van der Waals surface area contributed by atoms with Crippen LogP contribution in [0.3, 0.4) is 0 Å². The number of carbonyl (C=O) groups is 2. The Morgan fingerprint density at radius 2 is 2.08 bits per heavy atom. The maximum atomic E-state index is 12.5. The predicted molar refractivity (Wildman–Crippen MR) is 93.8 cm³/mol. The molecule has 0 aliphatic carbocycles. The van der Waals surface area contributed by atoms with E-state index < -0.39 is 0 Å². The lowest BCUT2D eigenvalue weighted by molar-refractivity contribution is -0.141. The predicted octanol–water partition coefficient (Wildman–Crippen LogP) is 1.90. The summed E-state index contributed by atoms with van der Waals surface area (Å²) in [6, 6.07) is 2.98. The van der Waals surface area contributed by atoms with Crippen molar-refractivity contribution in [2.24, 2.45) is 5.92 Å². The van der Waals surface area contributed by atoms with Crippen LogP contribution in [0.1, 0.15) is 30.7 Å². The number of rotatable bonds is 4. The van der Waals surface area contributed by atoms with Crippen molar-refractivity contribution in [2.45, 2.75) is 31.2 Å². The molecule has 3 N–H and O–H groups in total. The van der Waals surface area contributed by atoms with Crippen LogP contribution in [0.5, 0.6) is 5.75 Å². The first-order chi connectivity index (χ1) is 11.9. The molecule has 2 saturated heterocycles. The fourth-order valence-corrected chi connectivity index (χ4v) is 4.34. The Labute approximate surface area is 155 Å². The largest absolute Gasteiger partial charge is 0.508 e. The van der Waals surface area contributed by atoms with E-state index in [0.717, 1.165) is 0 Å². The molecular weight excluding hydrogens is 367 g/mol. The molecule has 2 heterocycles. The lowest BCUT2D eigenvalue weighted by Gasteiger charge is -2.33. The highest BCUT2D eigenvalue weighted by molar-refractivity contribution is 6.42. The number of amides is 2. The fourth-order valence-electron chi connectivity index (χ4n) is 3.86. The Balaban J connectivity index is 1.76. The highest BCUT2D eigenvalue weighted by Gasteiger charge is 2.44. The van der Waals surface area contributed by atoms with Crippen LogP contribution in [0, 0.1) is 5.92 Å². The molecule has 0 radical (unpaired) electrons. The van der Waals surface area contributed by atoms with Crippen molar-refractivity contribution in [3.05, 3.63) is 27.7 Å². The van der Waals surface area contributed by atoms with Crippen LogP contribution in [-0.4, -0.2) is 52.7 Å². The number of phenols is 1. The Morgan fingerprint density at radius 1 is 1.32 bits per heavy atom. The normalized spacial score (nSPS) is 25.8. The van der Waals surface area contributed by atoms with Gasteiger partial charge >= 0.3 is 0 Å². The molecule has 2 aliphatic heterocycles. The van der Waals surface area contributed by atoms with E-state index in [1.54, 1.807) is 4.90 Å². The van der Waals surface area contributed by atoms with Gasteiger partial charge in [-0.05, 0) is 25.0 Å². The summed E-state index contributed by atoms with van der Waals surface area (Å²) in [5, 5.41) is 22.3. The van der Waals surface area contributed by atoms with Crippen molar-refractivity contribution < 1.29 is 19.8 Å². The first kappa shape index (κ1) is 18.3. The number of hydrogen-bond acceptors (Lipinski definition) is 4. The zero-order valence-corrected chi connectivity index (χ0v) is 15.1. The van der Waals surface area contributed by atoms with Crippen molar-refractivity contribution in [3.8, 4) is 5.75 Å². The number of halogens is 2. The number of fused-ring (bicyclic) bond motifs is 1. The summed E-state index contributed by atoms with van der Waals surface area (Å²) in [5.41, 5.74) is 0.567. The topological polar surface area (TPSA) is 89.9 Å². The monoisotopic (exact) mass is 386 g/mol. The van der Waals surface area contributed by atoms with Gasteiger partial charge in [0.1, 0.15) is 5.75 Å². The number of carbonyl (C=O) groups excluding carboxylic acids is 2. The lowest BCUT2D eigenvalue weighted by Crippen LogP contribution is -2.47. The number of nitrogens with one attached hydrogen (secondary N) is 1. The first-order valence-electron chi connectivity index (χ1n) is 8.27. The molecule has 1 aromatic rings. The number of nitrogens with zero attached hydrogens (tertiary/aromatic N) is 1. The van der Waals surface area contributed by atoms with E-state index in [9.17, 15) is 14.7 Å². The van der Waals surface area contributed by atoms with E-state index in [0.29, 0.717) is 35.0 Å². The molecule has 3 atom stereocenters. The van der Waals surface area contributed by atoms with Gasteiger partial charge in [0.05, 0.1) is 16.7 Å². The molecular formula is C17H20Cl2N2O4. The Bertz CT molecular complexity index is 697. The van der Waals surface area contributed by atoms with Crippen molar-refractivity contribution >= 4 is 35.0 Å². The second-order valence-corrected chi connectivity index (χ2v) is 7.36. The molecule has 0 unspecified atom stereocenters. The van der Waals surface area contributed by atoms with Gasteiger partial charge in [0.25, 0.3) is 0 Å². The number of phenolic OH excluding ortho intramolecular Hbond substituents is 1. The molecule has 0 aromatic heterocycles. The van der Waals surface area contributed by atoms with Crippen LogP contribution in [0.25, 0.3) is 0 Å². The third-order valence-electron chi connectivity index (χ3n) is 5.01. The van der Waals surface area contributed by atoms with Gasteiger partial charge in [0.2, 0.25) is 11.8 Å². The van der Waals surface area contributed by atoms with Gasteiger partial charge in [-0.1, -0.05) is 23.2 Å². The molecule has 0 bridgehead atoms. The van der Waals surface area contributed by atoms with E-state index >= 15 is 0 Å². The summed E-state index contributed by atoms with van der Waals surface area (Å²) in [5.74, 6) is -0.694. The van der Waals surface area contributed by atoms with Gasteiger partial charge in [-0.3, -0.25) is 9.59 Å². The van der Waals surface area contributed by atoms with E-state index in [4.69, 9.17) is 28.3 Å². The highest BCUT2D eigenvalue weighted by atomic mass is 35.5. The number of aliphatic hydroxyl groups is 1. The zero-order chi connectivity index (χ0) is 18.1. The SMILES string of the molecule is O=C(NCCO)[C@@H]1CC(=O)N2C[C@@H](c3c(O)ccc(Cl)c3Cl)C[C@H]2C1. The average Bonchev–Trinajstić information content (AvgIpc) is 3.00. The second-order valence-electron chi connectivity index (χ2n) is 6.58. The van der Waals surface area contributed by atoms with Crippen molar-refractivity contribution in [1.82, 2.24) is 10.2 Å². The molecule has 1 aromatic carbocycles. The van der Waals surface area contributed by atoms with E-state index in [-0.39, 0.29) is 55.0 Å². The minimum atomic E-state index is -0.387. The van der Waals surface area contributed by atoms with E-state index in [2.05, 4.69) is 5.32 Å². The molecule has 136 valence electrons. The summed E-state index contributed by atoms with van der Waals surface area (Å²) in [7, 11) is 0. The summed E-state index contributed by atoms with van der Waals surface area (Å²) in [6.45, 7) is 0.519. The van der Waals surface area contributed by atoms with E-state index in [1.165, 1.54) is 12.1 Å². The maximum Gasteiger partial charge on any atom is 0.223 e. The van der Waals surface area contributed by atoms with Crippen molar-refractivity contribution in [1.29, 1.82) is 0 Å². The Morgan fingerprint density at radius 3 is 2.80 bits per heavy atom. The minimum Gasteiger partial charge on any atom is -0.508 e. The number of aromatic hydroxyl groups is 1. The second kappa shape index (κ2) is 7.40. The summed E-state index contributed by atoms with van der Waals surface area (Å²) in [4.78, 5) is 26.4. The van der Waals surface area contributed by atoms with Crippen molar-refractivity contribution in [3.63, 3.8) is 0 Å². The quantitative estimate of drug-likeness (QED) is 0.736. The van der Waals surface area contributed by atoms with Crippen LogP contribution in [-0.2, 0) is 9.59 Å². The molecule has 0 saturated carbocycles. The smallest absolute Gasteiger partial charge is 0.223 e. The highest BCUT2D eigenvalue weighted by Crippen LogP contribution is 2.45. The summed E-state index contributed by atoms with van der Waals surface area (Å²) >= 11 is 12.3. The number of hydrogen-bond donors (Lipinski definition) is 3. The van der Waals surface area contributed by atoms with Gasteiger partial charge in [0, 0.05) is 43.0 Å². The Kier molecular flexibility index (Phi) is 5.41. The first-order valence-corrected chi connectivity index (χ1v) is 9.02. The summed E-state index contributed by atoms with van der Waals surface area (Å²) < 4.78 is 0. The molecule has 8 heteroatoms. The molecule has 2 amide bonds. The fraction of sp³-hybridized carbons (Fsp3) is 0.529. The van der Waals surface area contributed by atoms with Gasteiger partial charge in [-0.15, -0.1) is 0 Å².